The normalized spacial score (nSPS) is 17.2. The average Bonchev–Trinajstić information content (AvgIpc) is 2.79. The van der Waals surface area contributed by atoms with E-state index in [1.807, 2.05) is 19.9 Å². The first-order valence-electron chi connectivity index (χ1n) is 10.3. The summed E-state index contributed by atoms with van der Waals surface area (Å²) in [5.74, 6) is -1.50. The van der Waals surface area contributed by atoms with Crippen LogP contribution in [0.1, 0.15) is 27.7 Å². The number of ketones is 2. The summed E-state index contributed by atoms with van der Waals surface area (Å²) in [6, 6.07) is 8.11. The van der Waals surface area contributed by atoms with Gasteiger partial charge in [-0.2, -0.15) is 24.7 Å². The molecule has 1 unspecified atom stereocenters. The Morgan fingerprint density at radius 2 is 1.94 bits per heavy atom. The molecular weight excluding hydrogens is 429 g/mol. The van der Waals surface area contributed by atoms with Crippen LogP contribution in [0, 0.1) is 23.3 Å². The Kier molecular flexibility index (Phi) is 7.07. The van der Waals surface area contributed by atoms with Gasteiger partial charge in [-0.15, -0.1) is 4.98 Å². The fourth-order valence-electron chi connectivity index (χ4n) is 3.18. The number of hydrazone groups is 1. The van der Waals surface area contributed by atoms with Gasteiger partial charge in [-0.05, 0) is 39.8 Å². The summed E-state index contributed by atoms with van der Waals surface area (Å²) in [5.41, 5.74) is 3.33. The van der Waals surface area contributed by atoms with Gasteiger partial charge in [0.2, 0.25) is 5.95 Å². The van der Waals surface area contributed by atoms with Crippen molar-refractivity contribution in [3.63, 3.8) is 0 Å². The molecule has 1 atom stereocenters. The van der Waals surface area contributed by atoms with Gasteiger partial charge in [0, 0.05) is 24.7 Å². The Morgan fingerprint density at radius 1 is 1.21 bits per heavy atom. The Balaban J connectivity index is 1.84. The van der Waals surface area contributed by atoms with Gasteiger partial charge in [0.15, 0.2) is 11.6 Å². The molecule has 11 heteroatoms. The lowest BCUT2D eigenvalue weighted by atomic mass is 9.82. The zero-order valence-electron chi connectivity index (χ0n) is 18.6. The molecule has 1 N–H and O–H groups in total. The van der Waals surface area contributed by atoms with Gasteiger partial charge >= 0.3 is 12.1 Å². The maximum atomic E-state index is 13.9. The summed E-state index contributed by atoms with van der Waals surface area (Å²) in [6.45, 7) is 7.91. The summed E-state index contributed by atoms with van der Waals surface area (Å²) in [5, 5.41) is 13.4. The lowest BCUT2D eigenvalue weighted by molar-refractivity contribution is -0.126. The summed E-state index contributed by atoms with van der Waals surface area (Å²) in [7, 11) is 0. The van der Waals surface area contributed by atoms with Crippen LogP contribution in [-0.2, 0) is 9.59 Å². The highest BCUT2D eigenvalue weighted by Gasteiger charge is 2.36. The van der Waals surface area contributed by atoms with E-state index in [4.69, 9.17) is 4.74 Å². The Bertz CT molecular complexity index is 1200. The standard InChI is InChI=1S/C22H22FN7O3/c1-5-30(6-2)21-25-20(23)26-22(27-21)33-15-9-7-8-14(10-15)28-29-17-12(3)16(11-24)18(31)13(4)19(17)32/h7-10,13,28H,5-6H2,1-4H3. The van der Waals surface area contributed by atoms with Gasteiger partial charge in [-0.25, -0.2) is 0 Å². The minimum absolute atomic E-state index is 0.00775. The van der Waals surface area contributed by atoms with E-state index in [-0.39, 0.29) is 28.8 Å². The smallest absolute Gasteiger partial charge is 0.329 e. The van der Waals surface area contributed by atoms with Crippen LogP contribution in [0.15, 0.2) is 40.5 Å². The van der Waals surface area contributed by atoms with Crippen LogP contribution in [0.5, 0.6) is 11.8 Å². The number of allylic oxidation sites excluding steroid dienone is 2. The molecule has 10 nitrogen and oxygen atoms in total. The zero-order chi connectivity index (χ0) is 24.1. The maximum absolute atomic E-state index is 13.9. The van der Waals surface area contributed by atoms with E-state index in [1.54, 1.807) is 29.2 Å². The molecule has 1 aromatic carbocycles. The van der Waals surface area contributed by atoms with E-state index in [2.05, 4.69) is 25.5 Å². The number of hydrogen-bond donors (Lipinski definition) is 1. The fraction of sp³-hybridized carbons (Fsp3) is 0.318. The number of ether oxygens (including phenoxy) is 1. The van der Waals surface area contributed by atoms with Gasteiger partial charge in [-0.3, -0.25) is 15.0 Å². The topological polar surface area (TPSA) is 133 Å². The Labute approximate surface area is 189 Å². The molecule has 0 bridgehead atoms. The molecule has 0 amide bonds. The number of halogens is 1. The second kappa shape index (κ2) is 9.95. The van der Waals surface area contributed by atoms with Crippen molar-refractivity contribution < 1.29 is 18.7 Å². The van der Waals surface area contributed by atoms with Gasteiger partial charge in [0.25, 0.3) is 0 Å². The number of carbonyl (C=O) groups is 2. The molecule has 1 aromatic heterocycles. The molecule has 3 rings (SSSR count). The second-order valence-electron chi connectivity index (χ2n) is 7.12. The number of rotatable bonds is 7. The third kappa shape index (κ3) is 5.01. The van der Waals surface area contributed by atoms with Crippen molar-refractivity contribution in [2.45, 2.75) is 27.7 Å². The number of Topliss-reactive ketones (excluding diaryl/α,β-unsaturated/α-hetero) is 2. The van der Waals surface area contributed by atoms with E-state index in [0.717, 1.165) is 0 Å². The number of carbonyl (C=O) groups excluding carboxylic acids is 2. The molecule has 0 fully saturated rings. The van der Waals surface area contributed by atoms with Gasteiger partial charge in [-0.1, -0.05) is 6.07 Å². The van der Waals surface area contributed by atoms with Gasteiger partial charge in [0.1, 0.15) is 23.1 Å². The lowest BCUT2D eigenvalue weighted by Crippen LogP contribution is -2.36. The van der Waals surface area contributed by atoms with Crippen molar-refractivity contribution >= 4 is 28.9 Å². The quantitative estimate of drug-likeness (QED) is 0.498. The predicted molar refractivity (Wildman–Crippen MR) is 118 cm³/mol. The van der Waals surface area contributed by atoms with Crippen LogP contribution >= 0.6 is 0 Å². The molecule has 33 heavy (non-hydrogen) atoms. The average molecular weight is 451 g/mol. The second-order valence-corrected chi connectivity index (χ2v) is 7.12. The van der Waals surface area contributed by atoms with Gasteiger partial charge in [0.05, 0.1) is 11.6 Å². The van der Waals surface area contributed by atoms with Crippen molar-refractivity contribution in [1.82, 2.24) is 15.0 Å². The number of nitrogens with one attached hydrogen (secondary N) is 1. The molecule has 0 aliphatic heterocycles. The first-order chi connectivity index (χ1) is 15.8. The largest absolute Gasteiger partial charge is 0.424 e. The van der Waals surface area contributed by atoms with Crippen molar-refractivity contribution in [1.29, 1.82) is 5.26 Å². The first-order valence-corrected chi connectivity index (χ1v) is 10.3. The van der Waals surface area contributed by atoms with E-state index in [9.17, 15) is 19.2 Å². The van der Waals surface area contributed by atoms with Crippen LogP contribution in [-0.4, -0.2) is 45.3 Å². The molecule has 1 aliphatic rings. The number of anilines is 2. The Morgan fingerprint density at radius 3 is 2.61 bits per heavy atom. The molecule has 0 saturated heterocycles. The van der Waals surface area contributed by atoms with Crippen molar-refractivity contribution in [2.75, 3.05) is 23.4 Å². The van der Waals surface area contributed by atoms with Crippen molar-refractivity contribution in [3.8, 4) is 17.8 Å². The van der Waals surface area contributed by atoms with Crippen LogP contribution in [0.2, 0.25) is 0 Å². The minimum atomic E-state index is -0.975. The van der Waals surface area contributed by atoms with Crippen molar-refractivity contribution in [3.05, 3.63) is 41.5 Å². The van der Waals surface area contributed by atoms with Crippen molar-refractivity contribution in [2.24, 2.45) is 11.0 Å². The maximum Gasteiger partial charge on any atom is 0.329 e. The number of aromatic nitrogens is 3. The number of nitriles is 1. The van der Waals surface area contributed by atoms with E-state index >= 15 is 0 Å². The number of nitrogens with zero attached hydrogens (tertiary/aromatic N) is 6. The lowest BCUT2D eigenvalue weighted by Gasteiger charge is -2.19. The predicted octanol–water partition coefficient (Wildman–Crippen LogP) is 3.05. The van der Waals surface area contributed by atoms with Crippen LogP contribution < -0.4 is 15.1 Å². The molecule has 170 valence electrons. The summed E-state index contributed by atoms with van der Waals surface area (Å²) in [4.78, 5) is 37.8. The summed E-state index contributed by atoms with van der Waals surface area (Å²) in [6.07, 6.45) is -0.961. The third-order valence-electron chi connectivity index (χ3n) is 5.07. The van der Waals surface area contributed by atoms with Gasteiger partial charge < -0.3 is 9.64 Å². The summed E-state index contributed by atoms with van der Waals surface area (Å²) < 4.78 is 19.5. The molecule has 2 aromatic rings. The highest BCUT2D eigenvalue weighted by atomic mass is 19.1. The number of benzene rings is 1. The molecule has 0 spiro atoms. The van der Waals surface area contributed by atoms with Crippen LogP contribution in [0.25, 0.3) is 0 Å². The summed E-state index contributed by atoms with van der Waals surface area (Å²) >= 11 is 0. The zero-order valence-corrected chi connectivity index (χ0v) is 18.6. The monoisotopic (exact) mass is 451 g/mol. The minimum Gasteiger partial charge on any atom is -0.424 e. The van der Waals surface area contributed by atoms with E-state index in [0.29, 0.717) is 24.5 Å². The first kappa shape index (κ1) is 23.5. The van der Waals surface area contributed by atoms with E-state index < -0.39 is 23.6 Å². The van der Waals surface area contributed by atoms with Crippen LogP contribution in [0.3, 0.4) is 0 Å². The molecule has 0 saturated carbocycles. The molecular formula is C22H22FN7O3. The Hall–Kier alpha value is -4.20. The molecule has 1 heterocycles. The van der Waals surface area contributed by atoms with Crippen LogP contribution in [0.4, 0.5) is 16.0 Å². The SMILES string of the molecule is CCN(CC)c1nc(F)nc(Oc2cccc(NN=C3C(=O)C(C)C(=O)C(C#N)=C3C)c2)n1. The molecule has 0 radical (unpaired) electrons. The highest BCUT2D eigenvalue weighted by Crippen LogP contribution is 2.25. The molecule has 1 aliphatic carbocycles. The number of hydrogen-bond acceptors (Lipinski definition) is 10. The fourth-order valence-corrected chi connectivity index (χ4v) is 3.18. The van der Waals surface area contributed by atoms with E-state index in [1.165, 1.54) is 13.8 Å². The highest BCUT2D eigenvalue weighted by molar-refractivity contribution is 6.53. The third-order valence-corrected chi connectivity index (χ3v) is 5.07.